The third kappa shape index (κ3) is 18.3. The molecule has 1 heterocycles. The molecule has 0 bridgehead atoms. The van der Waals surface area contributed by atoms with Crippen molar-refractivity contribution in [1.82, 2.24) is 26.3 Å². The molecule has 2 aromatic carbocycles. The first kappa shape index (κ1) is 51.5. The molecule has 59 heavy (non-hydrogen) atoms. The molecule has 1 unspecified atom stereocenters. The number of hydrogen-bond donors (Lipinski definition) is 7. The molecule has 0 saturated carbocycles. The fourth-order valence-corrected chi connectivity index (χ4v) is 5.74. The lowest BCUT2D eigenvalue weighted by atomic mass is 9.99. The molecule has 3 rings (SSSR count). The zero-order valence-corrected chi connectivity index (χ0v) is 35.8. The molecule has 14 nitrogen and oxygen atoms in total. The van der Waals surface area contributed by atoms with Crippen LogP contribution in [0.25, 0.3) is 0 Å². The van der Waals surface area contributed by atoms with E-state index >= 15 is 0 Å². The van der Waals surface area contributed by atoms with Crippen molar-refractivity contribution >= 4 is 48.1 Å². The second-order valence-electron chi connectivity index (χ2n) is 13.1. The largest absolute Gasteiger partial charge is 0.394 e. The minimum absolute atomic E-state index is 0.0296. The predicted octanol–water partition coefficient (Wildman–Crippen LogP) is 5.95. The normalized spacial score (nSPS) is 13.1. The molecule has 0 aromatic heterocycles. The highest BCUT2D eigenvalue weighted by atomic mass is 35.5. The van der Waals surface area contributed by atoms with Crippen LogP contribution in [0.1, 0.15) is 88.0 Å². The molecule has 1 atom stereocenters. The molecule has 4 amide bonds. The van der Waals surface area contributed by atoms with E-state index in [4.69, 9.17) is 26.9 Å². The number of carbonyl (C=O) groups excluding carboxylic acids is 4. The summed E-state index contributed by atoms with van der Waals surface area (Å²) in [7, 11) is 0. The van der Waals surface area contributed by atoms with E-state index in [1.54, 1.807) is 56.3 Å². The third-order valence-corrected chi connectivity index (χ3v) is 8.93. The molecule has 2 aromatic rings. The van der Waals surface area contributed by atoms with Crippen LogP contribution in [0.4, 0.5) is 10.1 Å². The summed E-state index contributed by atoms with van der Waals surface area (Å²) in [6.45, 7) is 19.9. The summed E-state index contributed by atoms with van der Waals surface area (Å²) < 4.78 is 20.1. The van der Waals surface area contributed by atoms with E-state index in [0.29, 0.717) is 97.6 Å². The van der Waals surface area contributed by atoms with Gasteiger partial charge in [-0.15, -0.1) is 0 Å². The number of primary amides is 1. The molecule has 0 spiro atoms. The van der Waals surface area contributed by atoms with Gasteiger partial charge in [0.2, 0.25) is 6.41 Å². The molecule has 0 aliphatic carbocycles. The Labute approximate surface area is 353 Å². The highest BCUT2D eigenvalue weighted by molar-refractivity contribution is 6.31. The number of unbranched alkanes of at least 4 members (excludes halogenated alkanes) is 1. The number of allylic oxidation sites excluding steroid dienone is 3. The minimum atomic E-state index is -1.16. The van der Waals surface area contributed by atoms with E-state index in [0.717, 1.165) is 6.42 Å². The van der Waals surface area contributed by atoms with Gasteiger partial charge in [-0.2, -0.15) is 5.10 Å². The Morgan fingerprint density at radius 3 is 2.36 bits per heavy atom. The zero-order chi connectivity index (χ0) is 44.2. The predicted molar refractivity (Wildman–Crippen MR) is 236 cm³/mol. The molecule has 0 fully saturated rings. The Morgan fingerprint density at radius 2 is 1.76 bits per heavy atom. The number of hydrazone groups is 1. The summed E-state index contributed by atoms with van der Waals surface area (Å²) >= 11 is 6.56. The van der Waals surface area contributed by atoms with E-state index in [1.807, 2.05) is 20.8 Å². The fourth-order valence-electron chi connectivity index (χ4n) is 5.49. The molecular weight excluding hydrogens is 777 g/mol. The number of nitrogens with one attached hydrogen (secondary N) is 5. The van der Waals surface area contributed by atoms with Crippen LogP contribution in [0.2, 0.25) is 5.02 Å². The van der Waals surface area contributed by atoms with Gasteiger partial charge in [-0.1, -0.05) is 94.8 Å². The minimum Gasteiger partial charge on any atom is -0.394 e. The number of nitrogens with two attached hydrogens (primary N) is 2. The maximum absolute atomic E-state index is 14.7. The van der Waals surface area contributed by atoms with Crippen LogP contribution in [-0.4, -0.2) is 75.4 Å². The van der Waals surface area contributed by atoms with Crippen LogP contribution in [0, 0.1) is 5.92 Å². The number of amides is 4. The lowest BCUT2D eigenvalue weighted by molar-refractivity contribution is -0.128. The van der Waals surface area contributed by atoms with Gasteiger partial charge in [-0.25, -0.2) is 9.40 Å². The second-order valence-corrected chi connectivity index (χ2v) is 13.5. The zero-order valence-electron chi connectivity index (χ0n) is 35.0. The van der Waals surface area contributed by atoms with Gasteiger partial charge in [0.1, 0.15) is 11.9 Å². The third-order valence-electron chi connectivity index (χ3n) is 8.58. The highest BCUT2D eigenvalue weighted by Crippen LogP contribution is 2.30. The Hall–Kier alpha value is -5.51. The number of alkyl halides is 1. The topological polar surface area (TPSA) is 205 Å². The number of nitrogens with zero attached hydrogens (tertiary/aromatic N) is 2. The lowest BCUT2D eigenvalue weighted by Crippen LogP contribution is -2.38. The lowest BCUT2D eigenvalue weighted by Gasteiger charge is -2.23. The first-order chi connectivity index (χ1) is 28.4. The van der Waals surface area contributed by atoms with Crippen LogP contribution in [0.15, 0.2) is 95.0 Å². The monoisotopic (exact) mass is 839 g/mol. The fraction of sp³-hybridized carbons (Fsp3) is 0.419. The Balaban J connectivity index is 0.00000332. The van der Waals surface area contributed by atoms with Gasteiger partial charge in [0.05, 0.1) is 43.4 Å². The quantitative estimate of drug-likeness (QED) is 0.0109. The molecule has 324 valence electrons. The average molecular weight is 840 g/mol. The summed E-state index contributed by atoms with van der Waals surface area (Å²) in [5.41, 5.74) is 13.8. The van der Waals surface area contributed by atoms with Crippen LogP contribution in [0.5, 0.6) is 0 Å². The number of benzene rings is 2. The van der Waals surface area contributed by atoms with Gasteiger partial charge in [0.15, 0.2) is 0 Å². The van der Waals surface area contributed by atoms with E-state index in [2.05, 4.69) is 56.8 Å². The summed E-state index contributed by atoms with van der Waals surface area (Å²) in [4.78, 5) is 48.1. The molecule has 1 aliphatic rings. The van der Waals surface area contributed by atoms with Gasteiger partial charge >= 0.3 is 0 Å². The summed E-state index contributed by atoms with van der Waals surface area (Å²) in [6, 6.07) is 11.6. The number of para-hydroxylation sites is 1. The average Bonchev–Trinajstić information content (AvgIpc) is 3.24. The maximum Gasteiger partial charge on any atom is 0.292 e. The number of rotatable bonds is 22. The number of ether oxygens (including phenoxy) is 1. The molecule has 0 radical (unpaired) electrons. The van der Waals surface area contributed by atoms with Crippen molar-refractivity contribution in [2.24, 2.45) is 22.5 Å². The van der Waals surface area contributed by atoms with Crippen LogP contribution in [0.3, 0.4) is 0 Å². The van der Waals surface area contributed by atoms with E-state index in [1.165, 1.54) is 22.7 Å². The maximum atomic E-state index is 14.7. The molecule has 16 heteroatoms. The van der Waals surface area contributed by atoms with Gasteiger partial charge < -0.3 is 37.5 Å². The van der Waals surface area contributed by atoms with Crippen molar-refractivity contribution < 1.29 is 28.3 Å². The Kier molecular flexibility index (Phi) is 25.9. The number of carbonyl (C=O) groups is 4. The molecule has 1 aliphatic heterocycles. The Bertz CT molecular complexity index is 1770. The molecular formula is C43H63ClFN9O5. The SMILES string of the molecule is C=C/C=C(\N)C(=O)Nc1ccccc1C(=O)NCCCCN/C(C(=O)N(Cc1ccc(C(F)C(C)C)cc1Cl)N=C)=C(\CC)NCNCC1=CCOCC1.CC.NC=O. The van der Waals surface area contributed by atoms with Crippen LogP contribution < -0.4 is 38.1 Å². The Morgan fingerprint density at radius 1 is 1.08 bits per heavy atom. The summed E-state index contributed by atoms with van der Waals surface area (Å²) in [5.74, 6) is -1.52. The van der Waals surface area contributed by atoms with Crippen LogP contribution >= 0.6 is 11.6 Å². The molecule has 9 N–H and O–H groups in total. The first-order valence-electron chi connectivity index (χ1n) is 19.7. The van der Waals surface area contributed by atoms with E-state index in [-0.39, 0.29) is 30.5 Å². The summed E-state index contributed by atoms with van der Waals surface area (Å²) in [6.07, 6.45) is 6.52. The first-order valence-corrected chi connectivity index (χ1v) is 20.1. The van der Waals surface area contributed by atoms with Crippen molar-refractivity contribution in [3.8, 4) is 0 Å². The highest BCUT2D eigenvalue weighted by Gasteiger charge is 2.23. The second kappa shape index (κ2) is 29.7. The van der Waals surface area contributed by atoms with Gasteiger partial charge in [-0.3, -0.25) is 24.5 Å². The van der Waals surface area contributed by atoms with Crippen molar-refractivity contribution in [3.63, 3.8) is 0 Å². The number of anilines is 1. The number of halogens is 2. The van der Waals surface area contributed by atoms with Gasteiger partial charge in [0.25, 0.3) is 17.7 Å². The van der Waals surface area contributed by atoms with Gasteiger partial charge in [-0.05, 0) is 67.0 Å². The van der Waals surface area contributed by atoms with Crippen molar-refractivity contribution in [2.75, 3.05) is 44.8 Å². The van der Waals surface area contributed by atoms with Crippen LogP contribution in [-0.2, 0) is 25.7 Å². The van der Waals surface area contributed by atoms with Crippen molar-refractivity contribution in [2.45, 2.75) is 73.0 Å². The van der Waals surface area contributed by atoms with Crippen molar-refractivity contribution in [1.29, 1.82) is 0 Å². The standard InChI is InChI=1S/C40H54ClFN8O4.C2H6.CH3NO/c1-6-12-33(43)39(52)49-35-14-9-8-13-31(35)38(51)47-20-11-10-19-46-37(34(7-2)48-26-45-24-28-17-21-54-22-18-28)40(53)50(44-5)25-30-16-15-29(23-32(30)41)36(42)27(3)4;1-2;2-1-3/h6,8-9,12-17,23,27,36,45-46,48H,1,5,7,10-11,18-22,24-26,43H2,2-4H3,(H,47,51)(H,49,52);1-2H3;1H,(H2,2,3)/b33-12-,37-34+;;. The van der Waals surface area contributed by atoms with E-state index < -0.39 is 18.0 Å². The summed E-state index contributed by atoms with van der Waals surface area (Å²) in [5, 5.41) is 21.2. The van der Waals surface area contributed by atoms with Gasteiger partial charge in [0, 0.05) is 37.1 Å². The van der Waals surface area contributed by atoms with E-state index in [9.17, 15) is 18.8 Å². The molecule has 0 saturated heterocycles. The smallest absolute Gasteiger partial charge is 0.292 e. The number of hydrogen-bond acceptors (Lipinski definition) is 10. The van der Waals surface area contributed by atoms with Crippen molar-refractivity contribution in [3.05, 3.63) is 112 Å².